The van der Waals surface area contributed by atoms with Crippen molar-refractivity contribution in [3.05, 3.63) is 82.9 Å². The fraction of sp³-hybridized carbons (Fsp3) is 0.174. The van der Waals surface area contributed by atoms with Crippen LogP contribution in [0, 0.1) is 13.0 Å². The maximum absolute atomic E-state index is 12.0. The third kappa shape index (κ3) is 2.66. The molecular weight excluding hydrogens is 320 g/mol. The van der Waals surface area contributed by atoms with Gasteiger partial charge in [0.25, 0.3) is 0 Å². The van der Waals surface area contributed by atoms with Crippen LogP contribution < -0.4 is 5.73 Å². The van der Waals surface area contributed by atoms with Gasteiger partial charge in [-0.1, -0.05) is 43.3 Å². The van der Waals surface area contributed by atoms with E-state index in [-0.39, 0.29) is 0 Å². The molecule has 129 valence electrons. The molecule has 0 aliphatic heterocycles. The molecule has 1 aromatic heterocycles. The summed E-state index contributed by atoms with van der Waals surface area (Å²) in [5.41, 5.74) is 12.0. The third-order valence-electron chi connectivity index (χ3n) is 4.94. The topological polar surface area (TPSA) is 48.0 Å². The van der Waals surface area contributed by atoms with Crippen LogP contribution in [0.25, 0.3) is 21.8 Å². The van der Waals surface area contributed by atoms with Crippen molar-refractivity contribution in [2.75, 3.05) is 0 Å². The largest absolute Gasteiger partial charge is 0.366 e. The van der Waals surface area contributed by atoms with E-state index in [1.54, 1.807) is 6.07 Å². The molecule has 0 aliphatic rings. The molecular formula is C23H21N2O. The number of hydrogen-bond donors (Lipinski definition) is 1. The SMILES string of the molecule is CCc1cccc(Cn2c3cc(C)c[c]c3c3c(C(N)=O)cccc32)c1. The second-order valence-electron chi connectivity index (χ2n) is 6.76. The Morgan fingerprint density at radius 3 is 2.62 bits per heavy atom. The van der Waals surface area contributed by atoms with Crippen molar-refractivity contribution in [3.63, 3.8) is 0 Å². The van der Waals surface area contributed by atoms with E-state index in [2.05, 4.69) is 60.9 Å². The highest BCUT2D eigenvalue weighted by Crippen LogP contribution is 2.32. The van der Waals surface area contributed by atoms with E-state index in [1.807, 2.05) is 12.1 Å². The highest BCUT2D eigenvalue weighted by molar-refractivity contribution is 6.17. The number of nitrogens with zero attached hydrogens (tertiary/aromatic N) is 1. The van der Waals surface area contributed by atoms with Gasteiger partial charge in [0, 0.05) is 22.9 Å². The maximum atomic E-state index is 12.0. The Morgan fingerprint density at radius 1 is 1.08 bits per heavy atom. The lowest BCUT2D eigenvalue weighted by Gasteiger charge is -2.10. The number of carbonyl (C=O) groups excluding carboxylic acids is 1. The number of fused-ring (bicyclic) bond motifs is 3. The zero-order valence-electron chi connectivity index (χ0n) is 15.0. The summed E-state index contributed by atoms with van der Waals surface area (Å²) in [5.74, 6) is -0.406. The summed E-state index contributed by atoms with van der Waals surface area (Å²) in [6.07, 6.45) is 1.01. The molecule has 0 bridgehead atoms. The molecule has 4 aromatic rings. The van der Waals surface area contributed by atoms with E-state index in [0.29, 0.717) is 5.56 Å². The zero-order chi connectivity index (χ0) is 18.3. The van der Waals surface area contributed by atoms with Crippen molar-refractivity contribution in [2.45, 2.75) is 26.8 Å². The van der Waals surface area contributed by atoms with Crippen LogP contribution in [0.2, 0.25) is 0 Å². The normalized spacial score (nSPS) is 11.3. The van der Waals surface area contributed by atoms with E-state index in [1.165, 1.54) is 11.1 Å². The number of primary amides is 1. The van der Waals surface area contributed by atoms with Crippen molar-refractivity contribution in [2.24, 2.45) is 5.73 Å². The molecule has 1 radical (unpaired) electrons. The summed E-state index contributed by atoms with van der Waals surface area (Å²) in [5, 5.41) is 1.84. The predicted octanol–water partition coefficient (Wildman–Crippen LogP) is 4.61. The molecule has 0 spiro atoms. The third-order valence-corrected chi connectivity index (χ3v) is 4.94. The summed E-state index contributed by atoms with van der Waals surface area (Å²) in [4.78, 5) is 12.0. The lowest BCUT2D eigenvalue weighted by molar-refractivity contribution is 0.100. The van der Waals surface area contributed by atoms with Crippen LogP contribution in [-0.4, -0.2) is 10.5 Å². The van der Waals surface area contributed by atoms with Gasteiger partial charge in [-0.05, 0) is 54.3 Å². The fourth-order valence-electron chi connectivity index (χ4n) is 3.67. The van der Waals surface area contributed by atoms with Crippen LogP contribution in [-0.2, 0) is 13.0 Å². The molecule has 3 aromatic carbocycles. The van der Waals surface area contributed by atoms with Crippen molar-refractivity contribution < 1.29 is 4.79 Å². The average molecular weight is 341 g/mol. The minimum absolute atomic E-state index is 0.406. The molecule has 0 atom stereocenters. The first-order chi connectivity index (χ1) is 12.6. The van der Waals surface area contributed by atoms with E-state index < -0.39 is 5.91 Å². The molecule has 0 aliphatic carbocycles. The summed E-state index contributed by atoms with van der Waals surface area (Å²) in [7, 11) is 0. The summed E-state index contributed by atoms with van der Waals surface area (Å²) >= 11 is 0. The quantitative estimate of drug-likeness (QED) is 0.579. The smallest absolute Gasteiger partial charge is 0.249 e. The Kier molecular flexibility index (Phi) is 4.00. The number of amides is 1. The first kappa shape index (κ1) is 16.4. The van der Waals surface area contributed by atoms with Gasteiger partial charge in [0.15, 0.2) is 0 Å². The van der Waals surface area contributed by atoms with Gasteiger partial charge in [-0.15, -0.1) is 0 Å². The number of rotatable bonds is 4. The van der Waals surface area contributed by atoms with Crippen LogP contribution in [0.4, 0.5) is 0 Å². The first-order valence-electron chi connectivity index (χ1n) is 8.89. The molecule has 3 nitrogen and oxygen atoms in total. The number of benzene rings is 3. The van der Waals surface area contributed by atoms with Gasteiger partial charge in [-0.25, -0.2) is 0 Å². The van der Waals surface area contributed by atoms with Crippen LogP contribution in [0.15, 0.2) is 54.6 Å². The van der Waals surface area contributed by atoms with E-state index in [4.69, 9.17) is 5.73 Å². The summed E-state index contributed by atoms with van der Waals surface area (Å²) < 4.78 is 2.26. The van der Waals surface area contributed by atoms with Gasteiger partial charge in [-0.2, -0.15) is 0 Å². The number of carbonyl (C=O) groups is 1. The minimum Gasteiger partial charge on any atom is -0.366 e. The highest BCUT2D eigenvalue weighted by atomic mass is 16.1. The van der Waals surface area contributed by atoms with Gasteiger partial charge < -0.3 is 10.3 Å². The lowest BCUT2D eigenvalue weighted by atomic mass is 10.1. The highest BCUT2D eigenvalue weighted by Gasteiger charge is 2.16. The number of aromatic nitrogens is 1. The van der Waals surface area contributed by atoms with E-state index in [0.717, 1.165) is 40.3 Å². The molecule has 0 unspecified atom stereocenters. The van der Waals surface area contributed by atoms with Crippen LogP contribution in [0.1, 0.15) is 34.0 Å². The Labute approximate surface area is 153 Å². The van der Waals surface area contributed by atoms with Gasteiger partial charge >= 0.3 is 0 Å². The molecule has 26 heavy (non-hydrogen) atoms. The Bertz CT molecular complexity index is 1140. The standard InChI is InChI=1S/C23H21N2O/c1-3-16-6-4-7-17(13-16)14-25-20-9-5-8-19(23(24)26)22(20)18-11-10-15(2)12-21(18)25/h4-10,12-13H,3,14H2,1-2H3,(H2,24,26). The number of nitrogens with two attached hydrogens (primary N) is 1. The molecule has 1 heterocycles. The van der Waals surface area contributed by atoms with Gasteiger partial charge in [0.2, 0.25) is 5.91 Å². The zero-order valence-corrected chi connectivity index (χ0v) is 15.0. The van der Waals surface area contributed by atoms with Crippen LogP contribution in [0.5, 0.6) is 0 Å². The molecule has 1 amide bonds. The fourth-order valence-corrected chi connectivity index (χ4v) is 3.67. The van der Waals surface area contributed by atoms with Crippen molar-refractivity contribution in [1.82, 2.24) is 4.57 Å². The van der Waals surface area contributed by atoms with Gasteiger partial charge in [-0.3, -0.25) is 4.79 Å². The van der Waals surface area contributed by atoms with Crippen molar-refractivity contribution in [1.29, 1.82) is 0 Å². The minimum atomic E-state index is -0.406. The van der Waals surface area contributed by atoms with Crippen LogP contribution >= 0.6 is 0 Å². The Hall–Kier alpha value is -3.07. The second kappa shape index (κ2) is 6.34. The summed E-state index contributed by atoms with van der Waals surface area (Å²) in [6.45, 7) is 4.97. The van der Waals surface area contributed by atoms with E-state index >= 15 is 0 Å². The predicted molar refractivity (Wildman–Crippen MR) is 106 cm³/mol. The van der Waals surface area contributed by atoms with Crippen molar-refractivity contribution in [3.8, 4) is 0 Å². The summed E-state index contributed by atoms with van der Waals surface area (Å²) in [6, 6.07) is 21.9. The van der Waals surface area contributed by atoms with Gasteiger partial charge in [0.05, 0.1) is 11.0 Å². The molecule has 2 N–H and O–H groups in total. The molecule has 0 fully saturated rings. The molecule has 0 saturated carbocycles. The molecule has 0 saturated heterocycles. The number of aryl methyl sites for hydroxylation is 2. The molecule has 4 rings (SSSR count). The number of hydrogen-bond acceptors (Lipinski definition) is 1. The van der Waals surface area contributed by atoms with Crippen LogP contribution in [0.3, 0.4) is 0 Å². The average Bonchev–Trinajstić information content (AvgIpc) is 2.95. The lowest BCUT2D eigenvalue weighted by Crippen LogP contribution is -2.11. The second-order valence-corrected chi connectivity index (χ2v) is 6.76. The van der Waals surface area contributed by atoms with E-state index in [9.17, 15) is 4.79 Å². The first-order valence-corrected chi connectivity index (χ1v) is 8.89. The van der Waals surface area contributed by atoms with Crippen molar-refractivity contribution >= 4 is 27.7 Å². The van der Waals surface area contributed by atoms with Gasteiger partial charge in [0.1, 0.15) is 0 Å². The monoisotopic (exact) mass is 341 g/mol. The maximum Gasteiger partial charge on any atom is 0.249 e. The Morgan fingerprint density at radius 2 is 1.85 bits per heavy atom. The Balaban J connectivity index is 2.01. The molecule has 3 heteroatoms.